The molecule has 46 heavy (non-hydrogen) atoms. The summed E-state index contributed by atoms with van der Waals surface area (Å²) in [4.78, 5) is 52.6. The molecule has 0 spiro atoms. The van der Waals surface area contributed by atoms with Crippen LogP contribution < -0.4 is 14.8 Å². The third-order valence-electron chi connectivity index (χ3n) is 9.05. The van der Waals surface area contributed by atoms with Gasteiger partial charge in [0, 0.05) is 41.8 Å². The molecule has 0 saturated carbocycles. The van der Waals surface area contributed by atoms with Gasteiger partial charge in [-0.2, -0.15) is 0 Å². The van der Waals surface area contributed by atoms with E-state index in [4.69, 9.17) is 18.9 Å². The van der Waals surface area contributed by atoms with E-state index in [2.05, 4.69) is 32.2 Å². The van der Waals surface area contributed by atoms with E-state index in [1.165, 1.54) is 27.2 Å². The summed E-state index contributed by atoms with van der Waals surface area (Å²) in [5.41, 5.74) is 2.19. The molecule has 3 heterocycles. The third kappa shape index (κ3) is 7.29. The highest BCUT2D eigenvalue weighted by Crippen LogP contribution is 2.48. The molecule has 5 bridgehead atoms. The molecule has 4 aliphatic rings. The van der Waals surface area contributed by atoms with Gasteiger partial charge < -0.3 is 24.3 Å². The van der Waals surface area contributed by atoms with E-state index in [1.54, 1.807) is 32.1 Å². The average molecular weight is 634 g/mol. The number of carbonyl (C=O) groups excluding carboxylic acids is 4. The molecule has 9 nitrogen and oxygen atoms in total. The molecule has 248 valence electrons. The van der Waals surface area contributed by atoms with Gasteiger partial charge in [-0.3, -0.25) is 19.2 Å². The van der Waals surface area contributed by atoms with Gasteiger partial charge >= 0.3 is 11.8 Å². The summed E-state index contributed by atoms with van der Waals surface area (Å²) >= 11 is 0. The maximum atomic E-state index is 13.9. The van der Waals surface area contributed by atoms with Crippen molar-refractivity contribution in [3.63, 3.8) is 0 Å². The monoisotopic (exact) mass is 633 g/mol. The van der Waals surface area contributed by atoms with Gasteiger partial charge in [0.25, 0.3) is 11.7 Å². The van der Waals surface area contributed by atoms with E-state index in [1.807, 2.05) is 13.0 Å². The van der Waals surface area contributed by atoms with E-state index < -0.39 is 11.6 Å². The lowest BCUT2D eigenvalue weighted by atomic mass is 9.82. The minimum Gasteiger partial charge on any atom is -0.496 e. The molecule has 1 aromatic carbocycles. The van der Waals surface area contributed by atoms with Crippen LogP contribution in [0.4, 0.5) is 0 Å². The van der Waals surface area contributed by atoms with Crippen LogP contribution in [-0.4, -0.2) is 42.4 Å². The highest BCUT2D eigenvalue weighted by Gasteiger charge is 2.50. The summed E-state index contributed by atoms with van der Waals surface area (Å²) < 4.78 is 23.6. The Kier molecular flexibility index (Phi) is 10.6. The van der Waals surface area contributed by atoms with E-state index >= 15 is 0 Å². The molecular weight excluding hydrogens is 586 g/mol. The number of methoxy groups -OCH3 is 1. The highest BCUT2D eigenvalue weighted by atomic mass is 16.7. The third-order valence-corrected chi connectivity index (χ3v) is 9.05. The molecule has 0 saturated heterocycles. The maximum absolute atomic E-state index is 13.9. The van der Waals surface area contributed by atoms with Gasteiger partial charge in [0.05, 0.1) is 25.4 Å². The standard InChI is InChI=1S/C37H47NO8/c1-20-12-10-13-23(4)36(42)38-27-18-28-30(29(40)19-27)31-34(25(6)33(28)43-9)46-37(8,35(31)41)44-15-11-14-22(3)32(45-26(7)39)24(5)17-21(2)16-20/h10-13,15,18,20-22,24,32H,14,16-17,19H2,1-9H3,(H,38,42)/b12-10-,15-11-,23-13-. The molecule has 0 radical (unpaired) electrons. The van der Waals surface area contributed by atoms with Crippen molar-refractivity contribution >= 4 is 29.5 Å². The second-order valence-electron chi connectivity index (χ2n) is 13.3. The minimum atomic E-state index is -1.71. The van der Waals surface area contributed by atoms with Crippen LogP contribution in [0.3, 0.4) is 0 Å². The van der Waals surface area contributed by atoms with Crippen LogP contribution in [-0.2, 0) is 19.1 Å². The summed E-state index contributed by atoms with van der Waals surface area (Å²) in [5.74, 6) is -1.83. The number of rotatable bonds is 2. The average Bonchev–Trinajstić information content (AvgIpc) is 3.23. The van der Waals surface area contributed by atoms with Crippen LogP contribution in [0.5, 0.6) is 11.5 Å². The molecule has 0 aromatic heterocycles. The Labute approximate surface area is 272 Å². The van der Waals surface area contributed by atoms with Crippen LogP contribution in [0, 0.1) is 30.6 Å². The van der Waals surface area contributed by atoms with Gasteiger partial charge in [-0.15, -0.1) is 0 Å². The fourth-order valence-electron chi connectivity index (χ4n) is 6.86. The van der Waals surface area contributed by atoms with E-state index in [0.717, 1.165) is 12.8 Å². The largest absolute Gasteiger partial charge is 0.496 e. The lowest BCUT2D eigenvalue weighted by Crippen LogP contribution is -2.38. The van der Waals surface area contributed by atoms with Gasteiger partial charge in [0.2, 0.25) is 0 Å². The van der Waals surface area contributed by atoms with Crippen LogP contribution in [0.25, 0.3) is 6.08 Å². The number of hydrogen-bond donors (Lipinski definition) is 1. The molecule has 9 heteroatoms. The number of fused-ring (bicyclic) bond motifs is 14. The van der Waals surface area contributed by atoms with Crippen molar-refractivity contribution in [2.75, 3.05) is 7.11 Å². The van der Waals surface area contributed by atoms with Crippen molar-refractivity contribution in [3.05, 3.63) is 64.1 Å². The fourth-order valence-corrected chi connectivity index (χ4v) is 6.86. The van der Waals surface area contributed by atoms with Crippen molar-refractivity contribution in [2.24, 2.45) is 23.7 Å². The number of nitrogens with one attached hydrogen (secondary N) is 1. The number of Topliss-reactive ketones (excluding diaryl/α,β-unsaturated/α-hetero) is 2. The van der Waals surface area contributed by atoms with Gasteiger partial charge in [-0.1, -0.05) is 45.9 Å². The van der Waals surface area contributed by atoms with Gasteiger partial charge in [0.1, 0.15) is 17.6 Å². The van der Waals surface area contributed by atoms with Crippen LogP contribution in [0.2, 0.25) is 0 Å². The first-order valence-corrected chi connectivity index (χ1v) is 16.0. The molecule has 3 aliphatic heterocycles. The number of ketones is 2. The number of hydrogen-bond acceptors (Lipinski definition) is 8. The normalized spacial score (nSPS) is 31.4. The number of carbonyl (C=O) groups is 4. The van der Waals surface area contributed by atoms with Crippen LogP contribution >= 0.6 is 0 Å². The maximum Gasteiger partial charge on any atom is 0.312 e. The Morgan fingerprint density at radius 2 is 1.76 bits per heavy atom. The highest BCUT2D eigenvalue weighted by molar-refractivity contribution is 6.19. The van der Waals surface area contributed by atoms with E-state index in [-0.39, 0.29) is 64.8 Å². The Bertz CT molecular complexity index is 1530. The molecule has 0 fully saturated rings. The van der Waals surface area contributed by atoms with Crippen molar-refractivity contribution in [3.8, 4) is 11.5 Å². The Balaban J connectivity index is 1.75. The molecule has 1 amide bonds. The zero-order chi connectivity index (χ0) is 33.9. The number of benzene rings is 1. The van der Waals surface area contributed by atoms with Crippen LogP contribution in [0.1, 0.15) is 106 Å². The smallest absolute Gasteiger partial charge is 0.312 e. The van der Waals surface area contributed by atoms with E-state index in [0.29, 0.717) is 40.5 Å². The summed E-state index contributed by atoms with van der Waals surface area (Å²) in [6.45, 7) is 14.9. The zero-order valence-corrected chi connectivity index (χ0v) is 28.4. The Morgan fingerprint density at radius 1 is 1.04 bits per heavy atom. The molecular formula is C37H47NO8. The predicted molar refractivity (Wildman–Crippen MR) is 175 cm³/mol. The molecule has 6 atom stereocenters. The Hall–Kier alpha value is -4.14. The molecule has 1 aliphatic carbocycles. The number of allylic oxidation sites excluding steroid dienone is 5. The van der Waals surface area contributed by atoms with Gasteiger partial charge in [-0.25, -0.2) is 0 Å². The van der Waals surface area contributed by atoms with Crippen molar-refractivity contribution in [2.45, 2.75) is 93.0 Å². The zero-order valence-electron chi connectivity index (χ0n) is 28.4. The first kappa shape index (κ1) is 34.7. The quantitative estimate of drug-likeness (QED) is 0.345. The topological polar surface area (TPSA) is 117 Å². The SMILES string of the molecule is COc1c(C)c2c3c4c1C=C(CC4=O)NC(=O)/C(C)=C\C=C/C(C)CC(C)CC(C)C(OC(C)=O)C(C)C/C=C\OC(C)(O2)C3=O. The molecule has 1 aromatic rings. The number of esters is 1. The second-order valence-corrected chi connectivity index (χ2v) is 13.3. The van der Waals surface area contributed by atoms with Crippen molar-refractivity contribution in [1.82, 2.24) is 5.32 Å². The second kappa shape index (κ2) is 14.1. The summed E-state index contributed by atoms with van der Waals surface area (Å²) in [6, 6.07) is 0. The lowest BCUT2D eigenvalue weighted by Gasteiger charge is -2.30. The van der Waals surface area contributed by atoms with Gasteiger partial charge in [-0.05, 0) is 68.9 Å². The van der Waals surface area contributed by atoms with Gasteiger partial charge in [0.15, 0.2) is 5.78 Å². The number of ether oxygens (including phenoxy) is 4. The fraction of sp³-hybridized carbons (Fsp3) is 0.514. The first-order valence-electron chi connectivity index (χ1n) is 16.0. The predicted octanol–water partition coefficient (Wildman–Crippen LogP) is 7.03. The van der Waals surface area contributed by atoms with E-state index in [9.17, 15) is 19.2 Å². The summed E-state index contributed by atoms with van der Waals surface area (Å²) in [7, 11) is 1.48. The lowest BCUT2D eigenvalue weighted by molar-refractivity contribution is -0.152. The van der Waals surface area contributed by atoms with Crippen molar-refractivity contribution < 1.29 is 38.1 Å². The summed E-state index contributed by atoms with van der Waals surface area (Å²) in [5, 5.41) is 2.87. The number of amides is 1. The molecule has 1 N–H and O–H groups in total. The van der Waals surface area contributed by atoms with Crippen LogP contribution in [0.15, 0.2) is 41.8 Å². The minimum absolute atomic E-state index is 0.0181. The first-order chi connectivity index (χ1) is 21.7. The van der Waals surface area contributed by atoms with Crippen molar-refractivity contribution in [1.29, 1.82) is 0 Å². The molecule has 6 unspecified atom stereocenters. The molecule has 5 rings (SSSR count). The summed E-state index contributed by atoms with van der Waals surface area (Å²) in [6.07, 6.45) is 12.6. The Morgan fingerprint density at radius 3 is 2.43 bits per heavy atom.